The van der Waals surface area contributed by atoms with Gasteiger partial charge in [-0.2, -0.15) is 10.5 Å². The van der Waals surface area contributed by atoms with Crippen LogP contribution in [0.3, 0.4) is 0 Å². The van der Waals surface area contributed by atoms with Gasteiger partial charge in [-0.05, 0) is 28.7 Å². The number of benzene rings is 1. The van der Waals surface area contributed by atoms with Gasteiger partial charge in [0.15, 0.2) is 11.4 Å². The van der Waals surface area contributed by atoms with Gasteiger partial charge >= 0.3 is 6.36 Å². The maximum atomic E-state index is 12.4. The fourth-order valence-corrected chi connectivity index (χ4v) is 1.87. The summed E-state index contributed by atoms with van der Waals surface area (Å²) in [6.07, 6.45) is -4.32. The van der Waals surface area contributed by atoms with E-state index in [1.165, 1.54) is 12.1 Å². The first-order valence-electron chi connectivity index (χ1n) is 5.18. The molecule has 22 heavy (non-hydrogen) atoms. The molecule has 0 saturated carbocycles. The van der Waals surface area contributed by atoms with Crippen molar-refractivity contribution in [3.05, 3.63) is 37.6 Å². The highest BCUT2D eigenvalue weighted by molar-refractivity contribution is 14.1. The molecule has 1 N–H and O–H groups in total. The minimum atomic E-state index is -5.06. The summed E-state index contributed by atoms with van der Waals surface area (Å²) in [6, 6.07) is 4.84. The summed E-state index contributed by atoms with van der Waals surface area (Å²) in [5, 5.41) is 30.2. The number of nitrogens with zero attached hydrogens (tertiary/aromatic N) is 3. The number of rotatable bonds is 4. The van der Waals surface area contributed by atoms with E-state index >= 15 is 0 Å². The number of allylic oxidation sites excluding steroid dienone is 1. The average molecular weight is 424 g/mol. The van der Waals surface area contributed by atoms with Crippen LogP contribution < -0.4 is 10.1 Å². The molecule has 0 spiro atoms. The highest BCUT2D eigenvalue weighted by atomic mass is 127. The molecular weight excluding hydrogens is 420 g/mol. The van der Waals surface area contributed by atoms with Gasteiger partial charge in [-0.3, -0.25) is 10.1 Å². The molecule has 0 aliphatic heterocycles. The van der Waals surface area contributed by atoms with Gasteiger partial charge in [0.05, 0.1) is 4.92 Å². The highest BCUT2D eigenvalue weighted by Gasteiger charge is 2.34. The number of nitrogens with one attached hydrogen (secondary N) is 1. The Kier molecular flexibility index (Phi) is 5.53. The van der Waals surface area contributed by atoms with Crippen LogP contribution in [-0.4, -0.2) is 11.3 Å². The molecule has 0 aliphatic carbocycles. The Balaban J connectivity index is 3.43. The molecule has 0 aliphatic rings. The number of halogens is 4. The molecule has 0 saturated heterocycles. The van der Waals surface area contributed by atoms with Crippen molar-refractivity contribution in [2.24, 2.45) is 0 Å². The van der Waals surface area contributed by atoms with E-state index in [1.807, 2.05) is 0 Å². The Labute approximate surface area is 134 Å². The van der Waals surface area contributed by atoms with Crippen LogP contribution in [0.1, 0.15) is 0 Å². The van der Waals surface area contributed by atoms with Crippen molar-refractivity contribution in [1.82, 2.24) is 0 Å². The number of anilines is 1. The van der Waals surface area contributed by atoms with E-state index in [9.17, 15) is 23.3 Å². The minimum Gasteiger partial charge on any atom is -0.403 e. The number of hydrogen-bond donors (Lipinski definition) is 1. The number of nitriles is 2. The molecule has 0 aromatic heterocycles. The van der Waals surface area contributed by atoms with Crippen molar-refractivity contribution in [3.8, 4) is 17.9 Å². The summed E-state index contributed by atoms with van der Waals surface area (Å²) in [5.41, 5.74) is -1.80. The average Bonchev–Trinajstić information content (AvgIpc) is 2.39. The molecule has 0 fully saturated rings. The third kappa shape index (κ3) is 4.78. The lowest BCUT2D eigenvalue weighted by Crippen LogP contribution is -2.18. The standard InChI is InChI=1S/C11H4F3IN4O3/c12-11(13,14)22-9-2-7(15)1-8(19(20)21)10(9)18-5-6(3-16)4-17/h1-2,5,18H. The van der Waals surface area contributed by atoms with Gasteiger partial charge in [0.2, 0.25) is 0 Å². The maximum absolute atomic E-state index is 12.4. The Morgan fingerprint density at radius 2 is 2.00 bits per heavy atom. The van der Waals surface area contributed by atoms with Crippen LogP contribution in [0.4, 0.5) is 24.5 Å². The van der Waals surface area contributed by atoms with Crippen molar-refractivity contribution in [2.45, 2.75) is 6.36 Å². The molecule has 0 amide bonds. The monoisotopic (exact) mass is 424 g/mol. The molecule has 1 aromatic carbocycles. The molecule has 11 heteroatoms. The van der Waals surface area contributed by atoms with Gasteiger partial charge in [-0.25, -0.2) is 0 Å². The lowest BCUT2D eigenvalue weighted by atomic mass is 10.2. The normalized spacial score (nSPS) is 10.1. The fraction of sp³-hybridized carbons (Fsp3) is 0.0909. The first-order valence-corrected chi connectivity index (χ1v) is 6.26. The zero-order chi connectivity index (χ0) is 16.9. The highest BCUT2D eigenvalue weighted by Crippen LogP contribution is 2.39. The van der Waals surface area contributed by atoms with Crippen LogP contribution in [0.25, 0.3) is 0 Å². The summed E-state index contributed by atoms with van der Waals surface area (Å²) < 4.78 is 41.0. The van der Waals surface area contributed by atoms with Gasteiger partial charge in [0.25, 0.3) is 5.69 Å². The maximum Gasteiger partial charge on any atom is 0.573 e. The van der Waals surface area contributed by atoms with Crippen LogP contribution in [-0.2, 0) is 0 Å². The van der Waals surface area contributed by atoms with Crippen molar-refractivity contribution in [2.75, 3.05) is 5.32 Å². The first kappa shape index (κ1) is 17.5. The van der Waals surface area contributed by atoms with Gasteiger partial charge in [0.1, 0.15) is 17.7 Å². The lowest BCUT2D eigenvalue weighted by Gasteiger charge is -2.13. The third-order valence-corrected chi connectivity index (χ3v) is 2.69. The Morgan fingerprint density at radius 1 is 1.41 bits per heavy atom. The van der Waals surface area contributed by atoms with Crippen molar-refractivity contribution < 1.29 is 22.8 Å². The zero-order valence-corrected chi connectivity index (χ0v) is 12.5. The molecule has 1 aromatic rings. The Bertz CT molecular complexity index is 703. The number of nitro groups is 1. The number of alkyl halides is 3. The largest absolute Gasteiger partial charge is 0.573 e. The summed E-state index contributed by atoms with van der Waals surface area (Å²) in [4.78, 5) is 10.0. The van der Waals surface area contributed by atoms with Crippen LogP contribution in [0.15, 0.2) is 23.9 Å². The van der Waals surface area contributed by atoms with Gasteiger partial charge in [0, 0.05) is 15.8 Å². The smallest absolute Gasteiger partial charge is 0.403 e. The van der Waals surface area contributed by atoms with Crippen LogP contribution in [0, 0.1) is 36.3 Å². The summed E-state index contributed by atoms with van der Waals surface area (Å²) in [7, 11) is 0. The summed E-state index contributed by atoms with van der Waals surface area (Å²) in [6.45, 7) is 0. The second kappa shape index (κ2) is 6.95. The predicted molar refractivity (Wildman–Crippen MR) is 75.4 cm³/mol. The molecule has 0 radical (unpaired) electrons. The number of hydrogen-bond acceptors (Lipinski definition) is 6. The molecular formula is C11H4F3IN4O3. The Morgan fingerprint density at radius 3 is 2.45 bits per heavy atom. The fourth-order valence-electron chi connectivity index (χ4n) is 1.30. The molecule has 1 rings (SSSR count). The van der Waals surface area contributed by atoms with E-state index in [2.05, 4.69) is 10.1 Å². The third-order valence-electron chi connectivity index (χ3n) is 2.07. The molecule has 0 bridgehead atoms. The second-order valence-electron chi connectivity index (χ2n) is 3.53. The molecule has 114 valence electrons. The van der Waals surface area contributed by atoms with Crippen LogP contribution in [0.5, 0.6) is 5.75 Å². The van der Waals surface area contributed by atoms with Gasteiger partial charge < -0.3 is 10.1 Å². The van der Waals surface area contributed by atoms with Crippen LogP contribution >= 0.6 is 22.6 Å². The summed E-state index contributed by atoms with van der Waals surface area (Å²) in [5.74, 6) is -0.849. The number of ether oxygens (including phenoxy) is 1. The quantitative estimate of drug-likeness (QED) is 0.343. The molecule has 0 unspecified atom stereocenters. The first-order chi connectivity index (χ1) is 10.2. The van der Waals surface area contributed by atoms with Gasteiger partial charge in [-0.1, -0.05) is 0 Å². The SMILES string of the molecule is N#CC(C#N)=CNc1c(OC(F)(F)F)cc(I)cc1[N+](=O)[O-]. The topological polar surface area (TPSA) is 112 Å². The minimum absolute atomic E-state index is 0.138. The molecule has 7 nitrogen and oxygen atoms in total. The van der Waals surface area contributed by atoms with E-state index in [-0.39, 0.29) is 3.57 Å². The van der Waals surface area contributed by atoms with Gasteiger partial charge in [-0.15, -0.1) is 13.2 Å². The zero-order valence-electron chi connectivity index (χ0n) is 10.3. The molecule has 0 heterocycles. The van der Waals surface area contributed by atoms with Crippen molar-refractivity contribution in [1.29, 1.82) is 10.5 Å². The second-order valence-corrected chi connectivity index (χ2v) is 4.77. The van der Waals surface area contributed by atoms with Crippen molar-refractivity contribution in [3.63, 3.8) is 0 Å². The van der Waals surface area contributed by atoms with E-state index < -0.39 is 34.0 Å². The number of nitro benzene ring substituents is 1. The molecule has 0 atom stereocenters. The van der Waals surface area contributed by atoms with Crippen LogP contribution in [0.2, 0.25) is 0 Å². The van der Waals surface area contributed by atoms with E-state index in [0.717, 1.165) is 18.3 Å². The van der Waals surface area contributed by atoms with E-state index in [1.54, 1.807) is 22.6 Å². The lowest BCUT2D eigenvalue weighted by molar-refractivity contribution is -0.384. The summed E-state index contributed by atoms with van der Waals surface area (Å²) >= 11 is 1.59. The predicted octanol–water partition coefficient (Wildman–Crippen LogP) is 3.44. The Hall–Kier alpha value is -2.54. The van der Waals surface area contributed by atoms with Crippen molar-refractivity contribution >= 4 is 34.0 Å². The van der Waals surface area contributed by atoms with E-state index in [0.29, 0.717) is 0 Å². The van der Waals surface area contributed by atoms with E-state index in [4.69, 9.17) is 10.5 Å².